The van der Waals surface area contributed by atoms with Crippen molar-refractivity contribution in [2.24, 2.45) is 0 Å². The molecule has 0 aliphatic carbocycles. The molecule has 0 saturated heterocycles. The highest BCUT2D eigenvalue weighted by Crippen LogP contribution is 2.30. The van der Waals surface area contributed by atoms with Gasteiger partial charge in [0.25, 0.3) is 0 Å². The molecule has 20 heavy (non-hydrogen) atoms. The van der Waals surface area contributed by atoms with E-state index in [2.05, 4.69) is 79.0 Å². The van der Waals surface area contributed by atoms with Crippen LogP contribution in [0.5, 0.6) is 0 Å². The fourth-order valence-electron chi connectivity index (χ4n) is 2.30. The van der Waals surface area contributed by atoms with Gasteiger partial charge in [0.15, 0.2) is 0 Å². The summed E-state index contributed by atoms with van der Waals surface area (Å²) >= 11 is 7.24. The number of nitrogens with one attached hydrogen (secondary N) is 1. The standard InChI is InChI=1S/C15H19Br2N3/c1-4-7-20-15(13(17)9-19-20)14(18-3)11-6-5-10(2)12(16)8-11/h5-6,8-9,14,18H,4,7H2,1-3H3. The Morgan fingerprint density at radius 3 is 2.65 bits per heavy atom. The van der Waals surface area contributed by atoms with E-state index in [1.54, 1.807) is 0 Å². The molecule has 2 rings (SSSR count). The molecule has 0 spiro atoms. The lowest BCUT2D eigenvalue weighted by atomic mass is 10.0. The second-order valence-electron chi connectivity index (χ2n) is 4.83. The van der Waals surface area contributed by atoms with Gasteiger partial charge in [-0.15, -0.1) is 0 Å². The highest BCUT2D eigenvalue weighted by molar-refractivity contribution is 9.10. The fourth-order valence-corrected chi connectivity index (χ4v) is 3.22. The van der Waals surface area contributed by atoms with Crippen molar-refractivity contribution in [1.82, 2.24) is 15.1 Å². The predicted molar refractivity (Wildman–Crippen MR) is 90.0 cm³/mol. The molecule has 0 bridgehead atoms. The number of rotatable bonds is 5. The van der Waals surface area contributed by atoms with Crippen molar-refractivity contribution in [3.63, 3.8) is 0 Å². The number of halogens is 2. The Kier molecular flexibility index (Phi) is 5.41. The van der Waals surface area contributed by atoms with Crippen LogP contribution in [-0.4, -0.2) is 16.8 Å². The average molecular weight is 401 g/mol. The molecule has 0 amide bonds. The van der Waals surface area contributed by atoms with Gasteiger partial charge < -0.3 is 5.32 Å². The number of aromatic nitrogens is 2. The maximum Gasteiger partial charge on any atom is 0.0757 e. The number of hydrogen-bond donors (Lipinski definition) is 1. The van der Waals surface area contributed by atoms with Crippen molar-refractivity contribution in [3.05, 3.63) is 50.2 Å². The van der Waals surface area contributed by atoms with E-state index in [1.807, 2.05) is 13.2 Å². The van der Waals surface area contributed by atoms with E-state index in [9.17, 15) is 0 Å². The number of benzene rings is 1. The summed E-state index contributed by atoms with van der Waals surface area (Å²) < 4.78 is 4.24. The minimum absolute atomic E-state index is 0.121. The highest BCUT2D eigenvalue weighted by atomic mass is 79.9. The van der Waals surface area contributed by atoms with Crippen LogP contribution in [0.4, 0.5) is 0 Å². The molecule has 1 aromatic carbocycles. The third kappa shape index (κ3) is 3.15. The van der Waals surface area contributed by atoms with Crippen LogP contribution in [0.1, 0.15) is 36.2 Å². The number of hydrogen-bond acceptors (Lipinski definition) is 2. The summed E-state index contributed by atoms with van der Waals surface area (Å²) in [5.74, 6) is 0. The van der Waals surface area contributed by atoms with Crippen LogP contribution in [0.15, 0.2) is 33.3 Å². The molecule has 0 aliphatic rings. The molecule has 5 heteroatoms. The number of nitrogens with zero attached hydrogens (tertiary/aromatic N) is 2. The summed E-state index contributed by atoms with van der Waals surface area (Å²) in [6.07, 6.45) is 2.94. The zero-order valence-electron chi connectivity index (χ0n) is 12.0. The van der Waals surface area contributed by atoms with Gasteiger partial charge in [0, 0.05) is 11.0 Å². The quantitative estimate of drug-likeness (QED) is 0.804. The summed E-state index contributed by atoms with van der Waals surface area (Å²) in [5, 5.41) is 7.85. The Morgan fingerprint density at radius 2 is 2.05 bits per heavy atom. The van der Waals surface area contributed by atoms with Gasteiger partial charge in [0.2, 0.25) is 0 Å². The molecule has 1 atom stereocenters. The van der Waals surface area contributed by atoms with Crippen LogP contribution in [0.2, 0.25) is 0 Å². The van der Waals surface area contributed by atoms with Crippen LogP contribution in [0.25, 0.3) is 0 Å². The van der Waals surface area contributed by atoms with Gasteiger partial charge in [-0.25, -0.2) is 0 Å². The maximum atomic E-state index is 4.46. The second-order valence-corrected chi connectivity index (χ2v) is 6.54. The predicted octanol–water partition coefficient (Wildman–Crippen LogP) is 4.44. The minimum atomic E-state index is 0.121. The minimum Gasteiger partial charge on any atom is -0.308 e. The first-order chi connectivity index (χ1) is 9.58. The summed E-state index contributed by atoms with van der Waals surface area (Å²) in [6, 6.07) is 6.59. The van der Waals surface area contributed by atoms with E-state index in [4.69, 9.17) is 0 Å². The first kappa shape index (κ1) is 15.7. The Bertz CT molecular complexity index is 593. The van der Waals surface area contributed by atoms with Crippen molar-refractivity contribution in [1.29, 1.82) is 0 Å². The molecule has 1 heterocycles. The Morgan fingerprint density at radius 1 is 1.30 bits per heavy atom. The molecule has 108 valence electrons. The summed E-state index contributed by atoms with van der Waals surface area (Å²) in [6.45, 7) is 5.18. The van der Waals surface area contributed by atoms with Gasteiger partial charge in [-0.1, -0.05) is 35.0 Å². The zero-order valence-corrected chi connectivity index (χ0v) is 15.1. The lowest BCUT2D eigenvalue weighted by Gasteiger charge is -2.20. The van der Waals surface area contributed by atoms with E-state index in [1.165, 1.54) is 16.8 Å². The molecule has 1 unspecified atom stereocenters. The maximum absolute atomic E-state index is 4.46. The summed E-state index contributed by atoms with van der Waals surface area (Å²) in [5.41, 5.74) is 3.64. The lowest BCUT2D eigenvalue weighted by Crippen LogP contribution is -2.22. The molecule has 0 fully saturated rings. The van der Waals surface area contributed by atoms with Crippen molar-refractivity contribution < 1.29 is 0 Å². The largest absolute Gasteiger partial charge is 0.308 e. The van der Waals surface area contributed by atoms with Crippen molar-refractivity contribution in [2.45, 2.75) is 32.9 Å². The van der Waals surface area contributed by atoms with E-state index < -0.39 is 0 Å². The Hall–Kier alpha value is -0.650. The Balaban J connectivity index is 2.46. The van der Waals surface area contributed by atoms with Gasteiger partial charge in [-0.2, -0.15) is 5.10 Å². The molecule has 1 N–H and O–H groups in total. The molecular formula is C15H19Br2N3. The first-order valence-corrected chi connectivity index (χ1v) is 8.31. The second kappa shape index (κ2) is 6.87. The lowest BCUT2D eigenvalue weighted by molar-refractivity contribution is 0.533. The third-order valence-electron chi connectivity index (χ3n) is 3.36. The van der Waals surface area contributed by atoms with Crippen LogP contribution in [0.3, 0.4) is 0 Å². The van der Waals surface area contributed by atoms with Gasteiger partial charge in [0.1, 0.15) is 0 Å². The van der Waals surface area contributed by atoms with Crippen molar-refractivity contribution in [2.75, 3.05) is 7.05 Å². The fraction of sp³-hybridized carbons (Fsp3) is 0.400. The Labute approximate surface area is 137 Å². The third-order valence-corrected chi connectivity index (χ3v) is 4.83. The molecule has 0 aliphatic heterocycles. The SMILES string of the molecule is CCCn1ncc(Br)c1C(NC)c1ccc(C)c(Br)c1. The number of aryl methyl sites for hydroxylation is 2. The zero-order chi connectivity index (χ0) is 14.7. The van der Waals surface area contributed by atoms with Crippen LogP contribution in [-0.2, 0) is 6.54 Å². The molecular weight excluding hydrogens is 382 g/mol. The average Bonchev–Trinajstić information content (AvgIpc) is 2.77. The van der Waals surface area contributed by atoms with Gasteiger partial charge in [0.05, 0.1) is 22.4 Å². The molecule has 3 nitrogen and oxygen atoms in total. The first-order valence-electron chi connectivity index (χ1n) is 6.73. The molecule has 0 radical (unpaired) electrons. The van der Waals surface area contributed by atoms with Crippen LogP contribution in [0, 0.1) is 6.92 Å². The van der Waals surface area contributed by atoms with Gasteiger partial charge >= 0.3 is 0 Å². The topological polar surface area (TPSA) is 29.9 Å². The van der Waals surface area contributed by atoms with Crippen LogP contribution < -0.4 is 5.32 Å². The van der Waals surface area contributed by atoms with E-state index in [0.717, 1.165) is 21.9 Å². The summed E-state index contributed by atoms with van der Waals surface area (Å²) in [4.78, 5) is 0. The van der Waals surface area contributed by atoms with Crippen molar-refractivity contribution >= 4 is 31.9 Å². The van der Waals surface area contributed by atoms with E-state index in [0.29, 0.717) is 0 Å². The van der Waals surface area contributed by atoms with E-state index in [-0.39, 0.29) is 6.04 Å². The molecule has 2 aromatic rings. The van der Waals surface area contributed by atoms with Gasteiger partial charge in [-0.3, -0.25) is 4.68 Å². The monoisotopic (exact) mass is 399 g/mol. The smallest absolute Gasteiger partial charge is 0.0757 e. The van der Waals surface area contributed by atoms with Crippen molar-refractivity contribution in [3.8, 4) is 0 Å². The van der Waals surface area contributed by atoms with Gasteiger partial charge in [-0.05, 0) is 53.5 Å². The van der Waals surface area contributed by atoms with E-state index >= 15 is 0 Å². The van der Waals surface area contributed by atoms with Crippen LogP contribution >= 0.6 is 31.9 Å². The summed E-state index contributed by atoms with van der Waals surface area (Å²) in [7, 11) is 1.98. The molecule has 1 aromatic heterocycles. The molecule has 0 saturated carbocycles. The normalized spacial score (nSPS) is 12.7. The highest BCUT2D eigenvalue weighted by Gasteiger charge is 2.20.